The van der Waals surface area contributed by atoms with Crippen LogP contribution in [0, 0.1) is 25.5 Å². The molecule has 0 aliphatic rings. The van der Waals surface area contributed by atoms with E-state index in [4.69, 9.17) is 5.84 Å². The number of nitrogens with two attached hydrogens (primary N) is 1. The van der Waals surface area contributed by atoms with E-state index in [1.807, 2.05) is 25.3 Å². The number of aromatic nitrogens is 2. The summed E-state index contributed by atoms with van der Waals surface area (Å²) in [4.78, 5) is 20.4. The lowest BCUT2D eigenvalue weighted by atomic mass is 10.1. The van der Waals surface area contributed by atoms with Crippen LogP contribution in [0.4, 0.5) is 20.2 Å². The van der Waals surface area contributed by atoms with Crippen LogP contribution in [0.1, 0.15) is 32.9 Å². The number of fused-ring (bicyclic) bond motifs is 1. The molecule has 0 atom stereocenters. The molecule has 190 valence electrons. The highest BCUT2D eigenvalue weighted by molar-refractivity contribution is 7.99. The number of pyridine rings is 1. The van der Waals surface area contributed by atoms with Gasteiger partial charge in [-0.25, -0.2) is 14.6 Å². The largest absolute Gasteiger partial charge is 0.352 e. The van der Waals surface area contributed by atoms with Gasteiger partial charge in [0, 0.05) is 40.5 Å². The van der Waals surface area contributed by atoms with Gasteiger partial charge in [0.1, 0.15) is 0 Å². The molecule has 0 spiro atoms. The summed E-state index contributed by atoms with van der Waals surface area (Å²) in [5.74, 6) is 3.97. The van der Waals surface area contributed by atoms with Crippen LogP contribution in [-0.2, 0) is 6.42 Å². The summed E-state index contributed by atoms with van der Waals surface area (Å²) in [6.07, 6.45) is 4.85. The number of hydrazone groups is 1. The number of allylic oxidation sites excluding steroid dienone is 1. The fraction of sp³-hybridized carbons (Fsp3) is 0.148. The SMILES string of the molecule is C=C(/C=N\N(N)c1cnc(Cc2cccc(F)c2F)cc1C)C(=O)c1cc2cc(C)c(NSC)cc2[nH]1. The van der Waals surface area contributed by atoms with Crippen LogP contribution >= 0.6 is 11.9 Å². The second-order valence-corrected chi connectivity index (χ2v) is 9.15. The molecular weight excluding hydrogens is 494 g/mol. The first-order valence-corrected chi connectivity index (χ1v) is 12.5. The molecule has 4 N–H and O–H groups in total. The van der Waals surface area contributed by atoms with E-state index < -0.39 is 11.6 Å². The molecule has 0 fully saturated rings. The van der Waals surface area contributed by atoms with Crippen molar-refractivity contribution in [2.75, 3.05) is 16.1 Å². The van der Waals surface area contributed by atoms with Crippen LogP contribution in [0.25, 0.3) is 10.9 Å². The van der Waals surface area contributed by atoms with Gasteiger partial charge in [-0.3, -0.25) is 9.78 Å². The highest BCUT2D eigenvalue weighted by atomic mass is 32.2. The number of anilines is 2. The molecule has 0 amide bonds. The van der Waals surface area contributed by atoms with E-state index in [0.29, 0.717) is 17.1 Å². The fourth-order valence-electron chi connectivity index (χ4n) is 3.89. The zero-order valence-corrected chi connectivity index (χ0v) is 21.4. The number of hydrazine groups is 1. The van der Waals surface area contributed by atoms with Gasteiger partial charge in [0.2, 0.25) is 5.78 Å². The monoisotopic (exact) mass is 520 g/mol. The summed E-state index contributed by atoms with van der Waals surface area (Å²) in [5.41, 5.74) is 5.36. The maximum absolute atomic E-state index is 14.0. The molecule has 4 rings (SSSR count). The fourth-order valence-corrected chi connectivity index (χ4v) is 4.33. The molecule has 0 aliphatic heterocycles. The van der Waals surface area contributed by atoms with E-state index in [0.717, 1.165) is 38.9 Å². The zero-order valence-electron chi connectivity index (χ0n) is 20.6. The van der Waals surface area contributed by atoms with Gasteiger partial charge in [-0.1, -0.05) is 30.7 Å². The quantitative estimate of drug-likeness (QED) is 0.0640. The molecule has 0 bridgehead atoms. The maximum atomic E-state index is 14.0. The van der Waals surface area contributed by atoms with E-state index in [1.165, 1.54) is 36.5 Å². The molecule has 7 nitrogen and oxygen atoms in total. The predicted octanol–water partition coefficient (Wildman–Crippen LogP) is 5.84. The first-order valence-electron chi connectivity index (χ1n) is 11.3. The summed E-state index contributed by atoms with van der Waals surface area (Å²) in [5, 5.41) is 6.14. The van der Waals surface area contributed by atoms with Gasteiger partial charge in [0.05, 0.1) is 23.8 Å². The number of nitrogens with zero attached hydrogens (tertiary/aromatic N) is 3. The number of ketones is 1. The second-order valence-electron chi connectivity index (χ2n) is 8.54. The number of hydrogen-bond donors (Lipinski definition) is 3. The first-order chi connectivity index (χ1) is 17.7. The Balaban J connectivity index is 1.46. The molecule has 0 radical (unpaired) electrons. The summed E-state index contributed by atoms with van der Waals surface area (Å²) < 4.78 is 30.7. The minimum Gasteiger partial charge on any atom is -0.352 e. The average Bonchev–Trinajstić information content (AvgIpc) is 3.27. The molecular formula is C27H26F2N6OS. The van der Waals surface area contributed by atoms with Gasteiger partial charge in [-0.15, -0.1) is 0 Å². The Labute approximate surface area is 217 Å². The van der Waals surface area contributed by atoms with E-state index in [2.05, 4.69) is 26.4 Å². The Morgan fingerprint density at radius 1 is 1.24 bits per heavy atom. The van der Waals surface area contributed by atoms with Crippen LogP contribution in [0.3, 0.4) is 0 Å². The van der Waals surface area contributed by atoms with Gasteiger partial charge in [-0.05, 0) is 60.9 Å². The summed E-state index contributed by atoms with van der Waals surface area (Å²) in [6, 6.07) is 11.5. The highest BCUT2D eigenvalue weighted by Crippen LogP contribution is 2.26. The van der Waals surface area contributed by atoms with Gasteiger partial charge < -0.3 is 9.71 Å². The molecule has 2 aromatic heterocycles. The number of aryl methyl sites for hydroxylation is 2. The molecule has 10 heteroatoms. The van der Waals surface area contributed by atoms with Crippen molar-refractivity contribution in [3.05, 3.63) is 101 Å². The molecule has 0 saturated carbocycles. The standard InChI is InChI=1S/C27H26F2N6OS/c1-15-8-19-11-24(33-23(19)12-22(15)34-37-4)27(36)17(3)13-32-35(30)25-14-31-20(9-16(25)2)10-18-6-5-7-21(28)26(18)29/h5-9,11-14,33-34H,3,10,30H2,1-2,4H3/b32-13-. The molecule has 2 aromatic carbocycles. The molecule has 0 unspecified atom stereocenters. The Morgan fingerprint density at radius 3 is 2.76 bits per heavy atom. The second kappa shape index (κ2) is 10.9. The van der Waals surface area contributed by atoms with E-state index >= 15 is 0 Å². The van der Waals surface area contributed by atoms with Gasteiger partial charge in [0.25, 0.3) is 0 Å². The lowest BCUT2D eigenvalue weighted by Gasteiger charge is -2.15. The molecule has 2 heterocycles. The van der Waals surface area contributed by atoms with Crippen LogP contribution in [-0.4, -0.2) is 28.2 Å². The lowest BCUT2D eigenvalue weighted by molar-refractivity contribution is 0.103. The number of halogens is 2. The van der Waals surface area contributed by atoms with Gasteiger partial charge in [0.15, 0.2) is 11.6 Å². The summed E-state index contributed by atoms with van der Waals surface area (Å²) in [6.45, 7) is 7.62. The normalized spacial score (nSPS) is 11.3. The highest BCUT2D eigenvalue weighted by Gasteiger charge is 2.15. The van der Waals surface area contributed by atoms with Crippen molar-refractivity contribution in [3.63, 3.8) is 0 Å². The van der Waals surface area contributed by atoms with E-state index in [1.54, 1.807) is 19.1 Å². The number of nitrogens with one attached hydrogen (secondary N) is 2. The number of aromatic amines is 1. The van der Waals surface area contributed by atoms with Crippen molar-refractivity contribution in [2.45, 2.75) is 20.3 Å². The van der Waals surface area contributed by atoms with Crippen molar-refractivity contribution in [2.24, 2.45) is 10.9 Å². The Morgan fingerprint density at radius 2 is 2.03 bits per heavy atom. The lowest BCUT2D eigenvalue weighted by Crippen LogP contribution is -2.26. The Bertz CT molecular complexity index is 1530. The van der Waals surface area contributed by atoms with Gasteiger partial charge in [-0.2, -0.15) is 10.2 Å². The van der Waals surface area contributed by atoms with E-state index in [-0.39, 0.29) is 23.3 Å². The molecule has 37 heavy (non-hydrogen) atoms. The Kier molecular flexibility index (Phi) is 7.70. The topological polar surface area (TPSA) is 99.4 Å². The van der Waals surface area contributed by atoms with Crippen molar-refractivity contribution < 1.29 is 13.6 Å². The average molecular weight is 521 g/mol. The molecule has 0 saturated heterocycles. The van der Waals surface area contributed by atoms with Crippen molar-refractivity contribution in [1.82, 2.24) is 9.97 Å². The number of H-pyrrole nitrogens is 1. The molecule has 0 aliphatic carbocycles. The molecule has 4 aromatic rings. The third kappa shape index (κ3) is 5.71. The number of carbonyl (C=O) groups excluding carboxylic acids is 1. The third-order valence-electron chi connectivity index (χ3n) is 5.84. The van der Waals surface area contributed by atoms with Crippen molar-refractivity contribution >= 4 is 46.2 Å². The number of hydrogen-bond acceptors (Lipinski definition) is 7. The van der Waals surface area contributed by atoms with Crippen molar-refractivity contribution in [3.8, 4) is 0 Å². The third-order valence-corrected chi connectivity index (χ3v) is 6.27. The van der Waals surface area contributed by atoms with Gasteiger partial charge >= 0.3 is 0 Å². The predicted molar refractivity (Wildman–Crippen MR) is 147 cm³/mol. The first kappa shape index (κ1) is 26.1. The summed E-state index contributed by atoms with van der Waals surface area (Å²) in [7, 11) is 0. The van der Waals surface area contributed by atoms with Crippen LogP contribution in [0.15, 0.2) is 65.9 Å². The van der Waals surface area contributed by atoms with Crippen LogP contribution in [0.2, 0.25) is 0 Å². The number of benzene rings is 2. The van der Waals surface area contributed by atoms with E-state index in [9.17, 15) is 13.6 Å². The number of rotatable bonds is 9. The number of carbonyl (C=O) groups is 1. The van der Waals surface area contributed by atoms with Crippen molar-refractivity contribution in [1.29, 1.82) is 0 Å². The summed E-state index contributed by atoms with van der Waals surface area (Å²) >= 11 is 1.49. The minimum atomic E-state index is -0.900. The maximum Gasteiger partial charge on any atom is 0.210 e. The smallest absolute Gasteiger partial charge is 0.210 e. The number of Topliss-reactive ketones (excluding diaryl/α,β-unsaturated/α-hetero) is 1. The Hall–Kier alpha value is -4.02. The van der Waals surface area contributed by atoms with Crippen LogP contribution in [0.5, 0.6) is 0 Å². The minimum absolute atomic E-state index is 0.128. The van der Waals surface area contributed by atoms with Crippen LogP contribution < -0.4 is 15.7 Å². The zero-order chi connectivity index (χ0) is 26.7.